The Morgan fingerprint density at radius 1 is 1.07 bits per heavy atom. The number of benzene rings is 2. The average molecular weight is 458 g/mol. The van der Waals surface area contributed by atoms with E-state index in [0.29, 0.717) is 33.8 Å². The number of carbonyl (C=O) groups excluding carboxylic acids is 2. The van der Waals surface area contributed by atoms with Crippen LogP contribution >= 0.6 is 34.8 Å². The number of nitrogens with zero attached hydrogens (tertiary/aromatic N) is 1. The van der Waals surface area contributed by atoms with Gasteiger partial charge in [0.2, 0.25) is 5.91 Å². The van der Waals surface area contributed by atoms with E-state index in [1.807, 2.05) is 13.8 Å². The summed E-state index contributed by atoms with van der Waals surface area (Å²) in [4.78, 5) is 27.0. The zero-order chi connectivity index (χ0) is 21.4. The Kier molecular flexibility index (Phi) is 9.08. The largest absolute Gasteiger partial charge is 0.484 e. The van der Waals surface area contributed by atoms with E-state index in [4.69, 9.17) is 39.5 Å². The molecule has 1 atom stereocenters. The minimum atomic E-state index is -0.639. The van der Waals surface area contributed by atoms with E-state index < -0.39 is 6.04 Å². The van der Waals surface area contributed by atoms with E-state index in [0.717, 1.165) is 5.56 Å². The molecule has 2 aromatic carbocycles. The van der Waals surface area contributed by atoms with Gasteiger partial charge >= 0.3 is 0 Å². The smallest absolute Gasteiger partial charge is 0.261 e. The van der Waals surface area contributed by atoms with Crippen LogP contribution in [0.4, 0.5) is 0 Å². The van der Waals surface area contributed by atoms with Crippen molar-refractivity contribution in [2.45, 2.75) is 32.9 Å². The maximum absolute atomic E-state index is 13.0. The molecule has 0 spiro atoms. The summed E-state index contributed by atoms with van der Waals surface area (Å²) in [6.07, 6.45) is 0.454. The Morgan fingerprint density at radius 2 is 1.83 bits per heavy atom. The molecule has 2 amide bonds. The third-order valence-corrected chi connectivity index (χ3v) is 5.21. The van der Waals surface area contributed by atoms with Crippen molar-refractivity contribution in [3.05, 3.63) is 63.1 Å². The van der Waals surface area contributed by atoms with Crippen LogP contribution in [0.2, 0.25) is 15.1 Å². The molecule has 0 aliphatic rings. The van der Waals surface area contributed by atoms with Crippen molar-refractivity contribution in [1.82, 2.24) is 10.2 Å². The molecule has 5 nitrogen and oxygen atoms in total. The molecule has 2 aromatic rings. The van der Waals surface area contributed by atoms with Crippen molar-refractivity contribution in [2.24, 2.45) is 0 Å². The predicted octanol–water partition coefficient (Wildman–Crippen LogP) is 4.97. The highest BCUT2D eigenvalue weighted by atomic mass is 35.5. The first kappa shape index (κ1) is 23.3. The normalized spacial score (nSPS) is 11.6. The highest BCUT2D eigenvalue weighted by molar-refractivity contribution is 6.42. The van der Waals surface area contributed by atoms with Gasteiger partial charge in [0, 0.05) is 18.1 Å². The van der Waals surface area contributed by atoms with E-state index in [1.165, 1.54) is 4.90 Å². The van der Waals surface area contributed by atoms with Gasteiger partial charge in [0.25, 0.3) is 5.91 Å². The van der Waals surface area contributed by atoms with Gasteiger partial charge in [0.15, 0.2) is 6.61 Å². The lowest BCUT2D eigenvalue weighted by Crippen LogP contribution is -2.50. The molecule has 29 heavy (non-hydrogen) atoms. The summed E-state index contributed by atoms with van der Waals surface area (Å²) in [5.41, 5.74) is 0.762. The number of likely N-dealkylation sites (N-methyl/N-ethyl adjacent to an activating group) is 1. The van der Waals surface area contributed by atoms with E-state index in [-0.39, 0.29) is 25.0 Å². The van der Waals surface area contributed by atoms with Crippen LogP contribution in [0.25, 0.3) is 0 Å². The number of hydrogen-bond donors (Lipinski definition) is 1. The fourth-order valence-electron chi connectivity index (χ4n) is 2.83. The molecule has 0 heterocycles. The minimum Gasteiger partial charge on any atom is -0.484 e. The van der Waals surface area contributed by atoms with Crippen molar-refractivity contribution >= 4 is 46.6 Å². The van der Waals surface area contributed by atoms with Gasteiger partial charge in [-0.25, -0.2) is 0 Å². The second-order valence-corrected chi connectivity index (χ2v) is 7.59. The fourth-order valence-corrected chi connectivity index (χ4v) is 3.33. The molecule has 0 unspecified atom stereocenters. The van der Waals surface area contributed by atoms with Crippen LogP contribution in [0.3, 0.4) is 0 Å². The van der Waals surface area contributed by atoms with Crippen LogP contribution in [-0.4, -0.2) is 35.9 Å². The van der Waals surface area contributed by atoms with Gasteiger partial charge in [-0.15, -0.1) is 0 Å². The summed E-state index contributed by atoms with van der Waals surface area (Å²) in [7, 11) is 0. The van der Waals surface area contributed by atoms with Gasteiger partial charge in [0.05, 0.1) is 10.0 Å². The Morgan fingerprint density at radius 3 is 2.45 bits per heavy atom. The standard InChI is InChI=1S/C21H23Cl3N2O3/c1-3-19(21(28)25-4-2)26(12-14-8-9-17(23)18(24)10-14)20(27)13-29-16-7-5-6-15(22)11-16/h5-11,19H,3-4,12-13H2,1-2H3,(H,25,28)/t19-/m1/s1. The lowest BCUT2D eigenvalue weighted by molar-refractivity contribution is -0.142. The molecule has 8 heteroatoms. The highest BCUT2D eigenvalue weighted by Gasteiger charge is 2.28. The lowest BCUT2D eigenvalue weighted by Gasteiger charge is -2.30. The Bertz CT molecular complexity index is 861. The molecule has 0 aliphatic heterocycles. The Balaban J connectivity index is 2.22. The van der Waals surface area contributed by atoms with Crippen LogP contribution in [0.1, 0.15) is 25.8 Å². The highest BCUT2D eigenvalue weighted by Crippen LogP contribution is 2.24. The summed E-state index contributed by atoms with van der Waals surface area (Å²) in [6.45, 7) is 4.13. The third-order valence-electron chi connectivity index (χ3n) is 4.23. The number of ether oxygens (including phenoxy) is 1. The van der Waals surface area contributed by atoms with Gasteiger partial charge in [-0.3, -0.25) is 9.59 Å². The number of halogens is 3. The van der Waals surface area contributed by atoms with Crippen molar-refractivity contribution in [3.63, 3.8) is 0 Å². The molecular weight excluding hydrogens is 435 g/mol. The number of amides is 2. The van der Waals surface area contributed by atoms with Gasteiger partial charge in [-0.1, -0.05) is 53.9 Å². The molecule has 0 aromatic heterocycles. The molecule has 2 rings (SSSR count). The van der Waals surface area contributed by atoms with Gasteiger partial charge in [-0.05, 0) is 49.2 Å². The van der Waals surface area contributed by atoms with Gasteiger partial charge in [-0.2, -0.15) is 0 Å². The second kappa shape index (κ2) is 11.3. The van der Waals surface area contributed by atoms with Crippen molar-refractivity contribution in [2.75, 3.05) is 13.2 Å². The van der Waals surface area contributed by atoms with E-state index in [9.17, 15) is 9.59 Å². The fraction of sp³-hybridized carbons (Fsp3) is 0.333. The first-order valence-electron chi connectivity index (χ1n) is 9.25. The molecule has 0 aliphatic carbocycles. The molecule has 0 saturated heterocycles. The topological polar surface area (TPSA) is 58.6 Å². The second-order valence-electron chi connectivity index (χ2n) is 6.33. The SMILES string of the molecule is CCNC(=O)[C@@H](CC)N(Cc1ccc(Cl)c(Cl)c1)C(=O)COc1cccc(Cl)c1. The van der Waals surface area contributed by atoms with Crippen molar-refractivity contribution in [3.8, 4) is 5.75 Å². The summed E-state index contributed by atoms with van der Waals surface area (Å²) in [6, 6.07) is 11.3. The summed E-state index contributed by atoms with van der Waals surface area (Å²) in [5, 5.41) is 4.10. The molecule has 0 saturated carbocycles. The number of carbonyl (C=O) groups is 2. The molecule has 0 radical (unpaired) electrons. The van der Waals surface area contributed by atoms with Crippen LogP contribution in [-0.2, 0) is 16.1 Å². The average Bonchev–Trinajstić information content (AvgIpc) is 2.69. The lowest BCUT2D eigenvalue weighted by atomic mass is 10.1. The third kappa shape index (κ3) is 6.81. The molecular formula is C21H23Cl3N2O3. The maximum atomic E-state index is 13.0. The van der Waals surface area contributed by atoms with Gasteiger partial charge < -0.3 is 15.0 Å². The van der Waals surface area contributed by atoms with Crippen LogP contribution < -0.4 is 10.1 Å². The van der Waals surface area contributed by atoms with Crippen LogP contribution in [0.15, 0.2) is 42.5 Å². The summed E-state index contributed by atoms with van der Waals surface area (Å²) < 4.78 is 5.59. The van der Waals surface area contributed by atoms with E-state index in [1.54, 1.807) is 42.5 Å². The molecule has 1 N–H and O–H groups in total. The predicted molar refractivity (Wildman–Crippen MR) is 117 cm³/mol. The summed E-state index contributed by atoms with van der Waals surface area (Å²) in [5.74, 6) is -0.0632. The maximum Gasteiger partial charge on any atom is 0.261 e. The Labute approximate surface area is 185 Å². The monoisotopic (exact) mass is 456 g/mol. The van der Waals surface area contributed by atoms with Crippen molar-refractivity contribution < 1.29 is 14.3 Å². The van der Waals surface area contributed by atoms with Crippen LogP contribution in [0, 0.1) is 0 Å². The number of rotatable bonds is 9. The first-order valence-corrected chi connectivity index (χ1v) is 10.4. The number of hydrogen-bond acceptors (Lipinski definition) is 3. The molecule has 0 fully saturated rings. The Hall–Kier alpha value is -1.95. The van der Waals surface area contributed by atoms with E-state index in [2.05, 4.69) is 5.32 Å². The molecule has 0 bridgehead atoms. The zero-order valence-corrected chi connectivity index (χ0v) is 18.5. The number of nitrogens with one attached hydrogen (secondary N) is 1. The van der Waals surface area contributed by atoms with Crippen LogP contribution in [0.5, 0.6) is 5.75 Å². The molecule has 156 valence electrons. The quantitative estimate of drug-likeness (QED) is 0.578. The minimum absolute atomic E-state index is 0.199. The van der Waals surface area contributed by atoms with E-state index >= 15 is 0 Å². The summed E-state index contributed by atoms with van der Waals surface area (Å²) >= 11 is 18.0. The van der Waals surface area contributed by atoms with Crippen molar-refractivity contribution in [1.29, 1.82) is 0 Å². The van der Waals surface area contributed by atoms with Gasteiger partial charge in [0.1, 0.15) is 11.8 Å². The first-order chi connectivity index (χ1) is 13.8. The zero-order valence-electron chi connectivity index (χ0n) is 16.3.